The Balaban J connectivity index is 2.95. The first kappa shape index (κ1) is 12.1. The normalized spacial score (nSPS) is 10.9. The molecule has 0 saturated heterocycles. The number of carbonyl (C=O) groups is 1. The number of aromatic nitrogens is 2. The molecule has 1 rings (SSSR count). The molecular weight excluding hydrogens is 212 g/mol. The first-order valence-corrected chi connectivity index (χ1v) is 6.10. The standard InChI is InChI=1S/C10H16N2O2S/c1-4-15-6-9-11-8(10(13)14)5-12(9)7(2)3/h5,7H,4,6H2,1-3H3,(H,13,14). The van der Waals surface area contributed by atoms with E-state index in [4.69, 9.17) is 5.11 Å². The van der Waals surface area contributed by atoms with E-state index in [1.54, 1.807) is 18.0 Å². The van der Waals surface area contributed by atoms with Crippen LogP contribution < -0.4 is 0 Å². The van der Waals surface area contributed by atoms with E-state index < -0.39 is 5.97 Å². The highest BCUT2D eigenvalue weighted by Crippen LogP contribution is 2.16. The topological polar surface area (TPSA) is 55.1 Å². The Labute approximate surface area is 93.7 Å². The summed E-state index contributed by atoms with van der Waals surface area (Å²) >= 11 is 1.74. The Morgan fingerprint density at radius 1 is 1.67 bits per heavy atom. The van der Waals surface area contributed by atoms with Crippen molar-refractivity contribution in [3.63, 3.8) is 0 Å². The highest BCUT2D eigenvalue weighted by atomic mass is 32.2. The molecule has 0 amide bonds. The molecule has 84 valence electrons. The van der Waals surface area contributed by atoms with Gasteiger partial charge in [0, 0.05) is 12.2 Å². The van der Waals surface area contributed by atoms with Crippen molar-refractivity contribution in [3.05, 3.63) is 17.7 Å². The summed E-state index contributed by atoms with van der Waals surface area (Å²) < 4.78 is 1.92. The number of carboxylic acid groups (broad SMARTS) is 1. The number of carboxylic acids is 1. The molecule has 0 unspecified atom stereocenters. The van der Waals surface area contributed by atoms with Crippen molar-refractivity contribution in [2.45, 2.75) is 32.6 Å². The van der Waals surface area contributed by atoms with Crippen molar-refractivity contribution in [1.82, 2.24) is 9.55 Å². The van der Waals surface area contributed by atoms with Crippen LogP contribution in [0.3, 0.4) is 0 Å². The maximum absolute atomic E-state index is 10.8. The fourth-order valence-corrected chi connectivity index (χ4v) is 1.88. The Bertz CT molecular complexity index is 347. The molecule has 0 aliphatic rings. The van der Waals surface area contributed by atoms with Crippen molar-refractivity contribution in [1.29, 1.82) is 0 Å². The zero-order valence-corrected chi connectivity index (χ0v) is 10.0. The highest BCUT2D eigenvalue weighted by Gasteiger charge is 2.14. The van der Waals surface area contributed by atoms with Gasteiger partial charge in [-0.05, 0) is 19.6 Å². The molecule has 5 heteroatoms. The minimum Gasteiger partial charge on any atom is -0.476 e. The molecular formula is C10H16N2O2S. The van der Waals surface area contributed by atoms with Crippen LogP contribution >= 0.6 is 11.8 Å². The number of thioether (sulfide) groups is 1. The fraction of sp³-hybridized carbons (Fsp3) is 0.600. The predicted molar refractivity (Wildman–Crippen MR) is 61.4 cm³/mol. The zero-order chi connectivity index (χ0) is 11.4. The van der Waals surface area contributed by atoms with Crippen molar-refractivity contribution < 1.29 is 9.90 Å². The number of rotatable bonds is 5. The van der Waals surface area contributed by atoms with Crippen molar-refractivity contribution in [2.24, 2.45) is 0 Å². The van der Waals surface area contributed by atoms with Crippen molar-refractivity contribution in [3.8, 4) is 0 Å². The second-order valence-electron chi connectivity index (χ2n) is 3.49. The highest BCUT2D eigenvalue weighted by molar-refractivity contribution is 7.98. The van der Waals surface area contributed by atoms with Crippen LogP contribution in [0.25, 0.3) is 0 Å². The molecule has 0 saturated carbocycles. The van der Waals surface area contributed by atoms with Crippen LogP contribution in [0, 0.1) is 0 Å². The van der Waals surface area contributed by atoms with Gasteiger partial charge in [-0.3, -0.25) is 0 Å². The molecule has 0 fully saturated rings. The van der Waals surface area contributed by atoms with Gasteiger partial charge in [-0.2, -0.15) is 11.8 Å². The van der Waals surface area contributed by atoms with Gasteiger partial charge in [0.1, 0.15) is 5.82 Å². The molecule has 1 N–H and O–H groups in total. The van der Waals surface area contributed by atoms with E-state index in [1.165, 1.54) is 0 Å². The summed E-state index contributed by atoms with van der Waals surface area (Å²) in [5.41, 5.74) is 0.135. The Kier molecular flexibility index (Phi) is 4.20. The SMILES string of the molecule is CCSCc1nc(C(=O)O)cn1C(C)C. The zero-order valence-electron chi connectivity index (χ0n) is 9.23. The second kappa shape index (κ2) is 5.21. The molecule has 0 atom stereocenters. The largest absolute Gasteiger partial charge is 0.476 e. The molecule has 15 heavy (non-hydrogen) atoms. The summed E-state index contributed by atoms with van der Waals surface area (Å²) in [6, 6.07) is 0.248. The minimum atomic E-state index is -0.961. The minimum absolute atomic E-state index is 0.135. The molecule has 1 aromatic heterocycles. The first-order valence-electron chi connectivity index (χ1n) is 4.95. The monoisotopic (exact) mass is 228 g/mol. The van der Waals surface area contributed by atoms with Crippen LogP contribution in [-0.2, 0) is 5.75 Å². The molecule has 1 heterocycles. The number of nitrogens with zero attached hydrogens (tertiary/aromatic N) is 2. The summed E-state index contributed by atoms with van der Waals surface area (Å²) in [7, 11) is 0. The number of hydrogen-bond donors (Lipinski definition) is 1. The lowest BCUT2D eigenvalue weighted by Gasteiger charge is -2.10. The van der Waals surface area contributed by atoms with E-state index in [0.717, 1.165) is 17.3 Å². The van der Waals surface area contributed by atoms with E-state index in [-0.39, 0.29) is 11.7 Å². The van der Waals surface area contributed by atoms with E-state index in [0.29, 0.717) is 0 Å². The van der Waals surface area contributed by atoms with E-state index >= 15 is 0 Å². The maximum Gasteiger partial charge on any atom is 0.356 e. The molecule has 0 aliphatic carbocycles. The summed E-state index contributed by atoms with van der Waals surface area (Å²) in [4.78, 5) is 14.9. The number of imidazole rings is 1. The Morgan fingerprint density at radius 3 is 2.80 bits per heavy atom. The lowest BCUT2D eigenvalue weighted by atomic mass is 10.4. The predicted octanol–water partition coefficient (Wildman–Crippen LogP) is 2.42. The molecule has 0 aliphatic heterocycles. The van der Waals surface area contributed by atoms with Gasteiger partial charge in [0.2, 0.25) is 0 Å². The summed E-state index contributed by atoms with van der Waals surface area (Å²) in [6.45, 7) is 6.12. The average molecular weight is 228 g/mol. The Hall–Kier alpha value is -0.970. The van der Waals surface area contributed by atoms with Gasteiger partial charge in [0.15, 0.2) is 5.69 Å². The van der Waals surface area contributed by atoms with Crippen LogP contribution in [0.1, 0.15) is 43.1 Å². The molecule has 4 nitrogen and oxygen atoms in total. The van der Waals surface area contributed by atoms with Crippen molar-refractivity contribution in [2.75, 3.05) is 5.75 Å². The van der Waals surface area contributed by atoms with Gasteiger partial charge in [-0.15, -0.1) is 0 Å². The van der Waals surface area contributed by atoms with Gasteiger partial charge in [-0.25, -0.2) is 9.78 Å². The first-order chi connectivity index (χ1) is 7.06. The van der Waals surface area contributed by atoms with Gasteiger partial charge in [0.05, 0.1) is 5.75 Å². The quantitative estimate of drug-likeness (QED) is 0.840. The third-order valence-corrected chi connectivity index (χ3v) is 2.89. The number of aromatic carboxylic acids is 1. The fourth-order valence-electron chi connectivity index (χ4n) is 1.28. The molecule has 0 aromatic carbocycles. The van der Waals surface area contributed by atoms with Crippen LogP contribution in [0.2, 0.25) is 0 Å². The third kappa shape index (κ3) is 2.99. The van der Waals surface area contributed by atoms with Crippen molar-refractivity contribution >= 4 is 17.7 Å². The van der Waals surface area contributed by atoms with Gasteiger partial charge < -0.3 is 9.67 Å². The molecule has 0 spiro atoms. The van der Waals surface area contributed by atoms with Crippen LogP contribution in [0.15, 0.2) is 6.20 Å². The average Bonchev–Trinajstić information content (AvgIpc) is 2.58. The third-order valence-electron chi connectivity index (χ3n) is 2.02. The maximum atomic E-state index is 10.8. The van der Waals surface area contributed by atoms with Gasteiger partial charge >= 0.3 is 5.97 Å². The van der Waals surface area contributed by atoms with Crippen LogP contribution in [0.5, 0.6) is 0 Å². The summed E-state index contributed by atoms with van der Waals surface area (Å²) in [5, 5.41) is 8.85. The van der Waals surface area contributed by atoms with Crippen LogP contribution in [-0.4, -0.2) is 26.4 Å². The lowest BCUT2D eigenvalue weighted by molar-refractivity contribution is 0.0691. The molecule has 0 bridgehead atoms. The summed E-state index contributed by atoms with van der Waals surface area (Å²) in [5.74, 6) is 1.65. The van der Waals surface area contributed by atoms with Gasteiger partial charge in [-0.1, -0.05) is 6.92 Å². The molecule has 0 radical (unpaired) electrons. The second-order valence-corrected chi connectivity index (χ2v) is 4.76. The van der Waals surface area contributed by atoms with Crippen LogP contribution in [0.4, 0.5) is 0 Å². The lowest BCUT2D eigenvalue weighted by Crippen LogP contribution is -2.04. The van der Waals surface area contributed by atoms with E-state index in [2.05, 4.69) is 11.9 Å². The van der Waals surface area contributed by atoms with E-state index in [9.17, 15) is 4.79 Å². The smallest absolute Gasteiger partial charge is 0.356 e. The van der Waals surface area contributed by atoms with E-state index in [1.807, 2.05) is 18.4 Å². The number of hydrogen-bond acceptors (Lipinski definition) is 3. The summed E-state index contributed by atoms with van der Waals surface area (Å²) in [6.07, 6.45) is 1.61. The molecule has 1 aromatic rings. The Morgan fingerprint density at radius 2 is 2.33 bits per heavy atom. The van der Waals surface area contributed by atoms with Gasteiger partial charge in [0.25, 0.3) is 0 Å².